The van der Waals surface area contributed by atoms with Crippen LogP contribution in [0.1, 0.15) is 60.1 Å². The molecule has 2 atom stereocenters. The number of rotatable bonds is 18. The summed E-state index contributed by atoms with van der Waals surface area (Å²) in [4.78, 5) is 57.6. The Labute approximate surface area is 286 Å². The lowest BCUT2D eigenvalue weighted by molar-refractivity contribution is -0.136. The molecule has 1 heterocycles. The van der Waals surface area contributed by atoms with Gasteiger partial charge in [-0.1, -0.05) is 35.9 Å². The number of nitrogens with two attached hydrogens (primary N) is 5. The number of hydrogen-bond acceptors (Lipinski definition) is 10. The number of carbonyl (C=O) groups is 3. The van der Waals surface area contributed by atoms with Gasteiger partial charge in [0.15, 0.2) is 34.4 Å². The quantitative estimate of drug-likeness (QED) is 0.0634. The molecule has 0 bridgehead atoms. The van der Waals surface area contributed by atoms with Gasteiger partial charge in [-0.2, -0.15) is 0 Å². The number of unbranched alkanes of at least 4 members (excludes halogenated alkanes) is 2. The van der Waals surface area contributed by atoms with Crippen LogP contribution in [0.3, 0.4) is 0 Å². The molecule has 48 heavy (non-hydrogen) atoms. The normalized spacial score (nSPS) is 12.7. The number of carbonyl (C=O) groups excluding carboxylic acids is 3. The Morgan fingerprint density at radius 2 is 1.44 bits per heavy atom. The largest absolute Gasteiger partial charge is 0.382 e. The zero-order valence-corrected chi connectivity index (χ0v) is 29.0. The first-order valence-corrected chi connectivity index (χ1v) is 16.1. The van der Waals surface area contributed by atoms with Gasteiger partial charge in [0.1, 0.15) is 6.04 Å². The van der Waals surface area contributed by atoms with Crippen LogP contribution in [0.4, 0.5) is 11.6 Å². The average molecular weight is 688 g/mol. The second-order valence-corrected chi connectivity index (χ2v) is 12.1. The lowest BCUT2D eigenvalue weighted by atomic mass is 10.0. The number of anilines is 2. The average Bonchev–Trinajstić information content (AvgIpc) is 3.01. The number of guanidine groups is 2. The maximum atomic E-state index is 13.3. The molecule has 0 spiro atoms. The lowest BCUT2D eigenvalue weighted by Crippen LogP contribution is -2.52. The van der Waals surface area contributed by atoms with Crippen LogP contribution in [0, 0.1) is 0 Å². The van der Waals surface area contributed by atoms with Crippen molar-refractivity contribution in [3.8, 4) is 0 Å². The van der Waals surface area contributed by atoms with E-state index < -0.39 is 18.0 Å². The predicted octanol–water partition coefficient (Wildman–Crippen LogP) is 0.241. The fraction of sp³-hybridized carbons (Fsp3) is 0.516. The third kappa shape index (κ3) is 13.6. The highest BCUT2D eigenvalue weighted by Gasteiger charge is 2.27. The summed E-state index contributed by atoms with van der Waals surface area (Å²) in [5.74, 6) is -1.29. The molecule has 17 heteroatoms. The molecule has 0 saturated heterocycles. The number of aryl methyl sites for hydroxylation is 2. The molecule has 264 valence electrons. The predicted molar refractivity (Wildman–Crippen MR) is 190 cm³/mol. The van der Waals surface area contributed by atoms with Crippen LogP contribution >= 0.6 is 11.6 Å². The van der Waals surface area contributed by atoms with Gasteiger partial charge in [-0.25, -0.2) is 9.97 Å². The highest BCUT2D eigenvalue weighted by molar-refractivity contribution is 6.31. The van der Waals surface area contributed by atoms with Crippen molar-refractivity contribution in [2.75, 3.05) is 52.7 Å². The second-order valence-electron chi connectivity index (χ2n) is 11.7. The number of nitrogens with one attached hydrogen (secondary N) is 2. The Kier molecular flexibility index (Phi) is 16.3. The van der Waals surface area contributed by atoms with Gasteiger partial charge in [0.05, 0.1) is 6.04 Å². The Morgan fingerprint density at radius 1 is 0.833 bits per heavy atom. The molecule has 0 saturated carbocycles. The van der Waals surface area contributed by atoms with Crippen molar-refractivity contribution < 1.29 is 14.4 Å². The van der Waals surface area contributed by atoms with Gasteiger partial charge in [-0.15, -0.1) is 0 Å². The number of amides is 3. The smallest absolute Gasteiger partial charge is 0.280 e. The van der Waals surface area contributed by atoms with Gasteiger partial charge in [-0.3, -0.25) is 34.6 Å². The molecule has 0 fully saturated rings. The standard InChI is InChI=1S/C31H50ClN13O3/c1-44(2)22(27(46)40-21(29(48)45(3)4)10-6-8-17-38-30(35)36)16-15-20-13-11-19(12-14-20)9-5-7-18-39-31(37)43-28(47)23-25(33)42-26(34)24(32)41-23/h11-14,21-22H,5-10,15-18H2,1-4H3,(H,40,46)(H4,33,34,42)(H4,35,36,38)(H3,37,39,43,47). The zero-order chi connectivity index (χ0) is 35.8. The summed E-state index contributed by atoms with van der Waals surface area (Å²) >= 11 is 5.82. The molecular formula is C31H50ClN13O3. The summed E-state index contributed by atoms with van der Waals surface area (Å²) in [5.41, 5.74) is 29.9. The number of aromatic nitrogens is 2. The van der Waals surface area contributed by atoms with Crippen LogP contribution in [0.5, 0.6) is 0 Å². The van der Waals surface area contributed by atoms with Crippen molar-refractivity contribution in [2.24, 2.45) is 27.2 Å². The zero-order valence-electron chi connectivity index (χ0n) is 28.2. The minimum atomic E-state index is -0.684. The van der Waals surface area contributed by atoms with E-state index in [1.54, 1.807) is 14.1 Å². The van der Waals surface area contributed by atoms with Crippen molar-refractivity contribution in [3.05, 3.63) is 46.2 Å². The van der Waals surface area contributed by atoms with E-state index in [0.717, 1.165) is 24.8 Å². The second kappa shape index (κ2) is 19.8. The Bertz CT molecular complexity index is 1430. The summed E-state index contributed by atoms with van der Waals surface area (Å²) < 4.78 is 0. The van der Waals surface area contributed by atoms with Crippen molar-refractivity contribution in [1.29, 1.82) is 0 Å². The first-order valence-electron chi connectivity index (χ1n) is 15.7. The van der Waals surface area contributed by atoms with Crippen LogP contribution in [0.15, 0.2) is 34.3 Å². The van der Waals surface area contributed by atoms with E-state index >= 15 is 0 Å². The number of nitrogen functional groups attached to an aromatic ring is 2. The Balaban J connectivity index is 1.82. The molecule has 2 aromatic rings. The molecule has 0 radical (unpaired) electrons. The van der Waals surface area contributed by atoms with Gasteiger partial charge < -0.3 is 38.9 Å². The number of aliphatic imine (C=N–C) groups is 2. The topological polar surface area (TPSA) is 262 Å². The summed E-state index contributed by atoms with van der Waals surface area (Å²) in [7, 11) is 7.07. The molecule has 2 unspecified atom stereocenters. The van der Waals surface area contributed by atoms with Crippen molar-refractivity contribution >= 4 is 52.9 Å². The van der Waals surface area contributed by atoms with Gasteiger partial charge in [0, 0.05) is 27.2 Å². The molecule has 12 N–H and O–H groups in total. The molecule has 0 aliphatic heterocycles. The SMILES string of the molecule is CN(C)C(=O)C(CCCCN=C(N)N)NC(=O)C(CCc1ccc(CCCCN=C(N)NC(=O)c2nc(Cl)c(N)nc2N)cc1)N(C)C. The molecule has 16 nitrogen and oxygen atoms in total. The minimum absolute atomic E-state index is 0.0344. The third-order valence-electron chi connectivity index (χ3n) is 7.42. The maximum absolute atomic E-state index is 13.3. The van der Waals surface area contributed by atoms with Crippen LogP contribution in [0.2, 0.25) is 5.15 Å². The van der Waals surface area contributed by atoms with E-state index in [1.165, 1.54) is 10.5 Å². The van der Waals surface area contributed by atoms with Gasteiger partial charge >= 0.3 is 0 Å². The summed E-state index contributed by atoms with van der Waals surface area (Å²) in [6, 6.07) is 7.26. The van der Waals surface area contributed by atoms with E-state index in [4.69, 9.17) is 40.3 Å². The number of benzene rings is 1. The van der Waals surface area contributed by atoms with E-state index in [-0.39, 0.29) is 46.2 Å². The number of hydrogen-bond donors (Lipinski definition) is 7. The molecule has 2 rings (SSSR count). The number of nitrogens with zero attached hydrogens (tertiary/aromatic N) is 6. The van der Waals surface area contributed by atoms with Crippen LogP contribution < -0.4 is 39.3 Å². The van der Waals surface area contributed by atoms with Crippen molar-refractivity contribution in [2.45, 2.75) is 63.5 Å². The molecule has 0 aliphatic carbocycles. The van der Waals surface area contributed by atoms with Gasteiger partial charge in [-0.05, 0) is 76.6 Å². The first-order chi connectivity index (χ1) is 22.7. The van der Waals surface area contributed by atoms with E-state index in [0.29, 0.717) is 45.2 Å². The fourth-order valence-electron chi connectivity index (χ4n) is 4.77. The molecule has 1 aromatic heterocycles. The summed E-state index contributed by atoms with van der Waals surface area (Å²) in [5, 5.41) is 5.26. The lowest BCUT2D eigenvalue weighted by Gasteiger charge is -2.27. The Morgan fingerprint density at radius 3 is 2.04 bits per heavy atom. The van der Waals surface area contributed by atoms with Crippen LogP contribution in [-0.4, -0.2) is 103 Å². The summed E-state index contributed by atoms with van der Waals surface area (Å²) in [6.07, 6.45) is 5.62. The molecule has 0 aliphatic rings. The number of halogens is 1. The summed E-state index contributed by atoms with van der Waals surface area (Å²) in [6.45, 7) is 0.889. The molecule has 3 amide bonds. The van der Waals surface area contributed by atoms with E-state index in [2.05, 4.69) is 54.9 Å². The third-order valence-corrected chi connectivity index (χ3v) is 7.70. The highest BCUT2D eigenvalue weighted by Crippen LogP contribution is 2.17. The maximum Gasteiger partial charge on any atom is 0.280 e. The molecular weight excluding hydrogens is 638 g/mol. The van der Waals surface area contributed by atoms with Gasteiger partial charge in [0.2, 0.25) is 11.8 Å². The van der Waals surface area contributed by atoms with Crippen molar-refractivity contribution in [1.82, 2.24) is 30.4 Å². The van der Waals surface area contributed by atoms with E-state index in [9.17, 15) is 14.4 Å². The van der Waals surface area contributed by atoms with E-state index in [1.807, 2.05) is 19.0 Å². The van der Waals surface area contributed by atoms with Gasteiger partial charge in [0.25, 0.3) is 5.91 Å². The first kappa shape index (κ1) is 39.5. The Hall–Kier alpha value is -4.70. The minimum Gasteiger partial charge on any atom is -0.382 e. The number of likely N-dealkylation sites (N-methyl/N-ethyl adjacent to an activating group) is 2. The highest BCUT2D eigenvalue weighted by atomic mass is 35.5. The monoisotopic (exact) mass is 687 g/mol. The van der Waals surface area contributed by atoms with Crippen LogP contribution in [0.25, 0.3) is 0 Å². The van der Waals surface area contributed by atoms with Crippen molar-refractivity contribution in [3.63, 3.8) is 0 Å². The fourth-order valence-corrected chi connectivity index (χ4v) is 4.90. The van der Waals surface area contributed by atoms with Crippen LogP contribution in [-0.2, 0) is 22.4 Å². The molecule has 1 aromatic carbocycles.